The zero-order valence-corrected chi connectivity index (χ0v) is 11.2. The number of aryl methyl sites for hydroxylation is 1. The largest absolute Gasteiger partial charge is 0.224 e. The Balaban J connectivity index is 1.72. The summed E-state index contributed by atoms with van der Waals surface area (Å²) in [5.74, 6) is 3.99. The van der Waals surface area contributed by atoms with E-state index in [2.05, 4.69) is 27.1 Å². The van der Waals surface area contributed by atoms with Crippen molar-refractivity contribution in [1.82, 2.24) is 20.2 Å². The standard InChI is InChI=1S/C14H22N4/c1-2-3-13-15-16-17-18(13)14-7-10-4-11(8-14)6-12(5-10)9-14/h10-12H,2-9H2,1H3. The Morgan fingerprint density at radius 3 is 2.28 bits per heavy atom. The Hall–Kier alpha value is -0.930. The molecule has 4 fully saturated rings. The molecule has 4 heteroatoms. The molecule has 0 unspecified atom stereocenters. The molecule has 0 aliphatic heterocycles. The van der Waals surface area contributed by atoms with E-state index in [-0.39, 0.29) is 0 Å². The molecule has 4 saturated carbocycles. The minimum Gasteiger partial charge on any atom is -0.224 e. The monoisotopic (exact) mass is 246 g/mol. The first-order valence-electron chi connectivity index (χ1n) is 7.57. The molecule has 0 atom stereocenters. The fourth-order valence-electron chi connectivity index (χ4n) is 5.28. The second-order valence-corrected chi connectivity index (χ2v) is 6.90. The molecule has 4 nitrogen and oxygen atoms in total. The number of rotatable bonds is 3. The summed E-state index contributed by atoms with van der Waals surface area (Å²) in [5.41, 5.74) is 0.294. The molecule has 4 bridgehead atoms. The van der Waals surface area contributed by atoms with Gasteiger partial charge in [-0.3, -0.25) is 0 Å². The summed E-state index contributed by atoms with van der Waals surface area (Å²) >= 11 is 0. The maximum absolute atomic E-state index is 4.38. The zero-order chi connectivity index (χ0) is 12.2. The molecule has 0 spiro atoms. The van der Waals surface area contributed by atoms with Gasteiger partial charge in [0.2, 0.25) is 0 Å². The van der Waals surface area contributed by atoms with E-state index < -0.39 is 0 Å². The molecule has 18 heavy (non-hydrogen) atoms. The second kappa shape index (κ2) is 3.78. The van der Waals surface area contributed by atoms with Crippen LogP contribution in [-0.4, -0.2) is 20.2 Å². The predicted molar refractivity (Wildman–Crippen MR) is 68.0 cm³/mol. The first kappa shape index (κ1) is 10.9. The summed E-state index contributed by atoms with van der Waals surface area (Å²) in [5, 5.41) is 12.6. The lowest BCUT2D eigenvalue weighted by Crippen LogP contribution is -2.52. The lowest BCUT2D eigenvalue weighted by atomic mass is 9.53. The summed E-state index contributed by atoms with van der Waals surface area (Å²) in [6.07, 6.45) is 10.6. The predicted octanol–water partition coefficient (Wildman–Crippen LogP) is 2.55. The maximum atomic E-state index is 4.38. The Bertz CT molecular complexity index is 415. The molecule has 0 radical (unpaired) electrons. The van der Waals surface area contributed by atoms with Crippen molar-refractivity contribution >= 4 is 0 Å². The number of aromatic nitrogens is 4. The van der Waals surface area contributed by atoms with Crippen LogP contribution in [0.2, 0.25) is 0 Å². The molecule has 1 aromatic rings. The summed E-state index contributed by atoms with van der Waals surface area (Å²) in [6, 6.07) is 0. The van der Waals surface area contributed by atoms with Gasteiger partial charge in [-0.15, -0.1) is 5.10 Å². The van der Waals surface area contributed by atoms with Gasteiger partial charge in [0.1, 0.15) is 0 Å². The van der Waals surface area contributed by atoms with Gasteiger partial charge in [-0.1, -0.05) is 6.92 Å². The smallest absolute Gasteiger partial charge is 0.151 e. The van der Waals surface area contributed by atoms with E-state index in [1.54, 1.807) is 0 Å². The number of hydrogen-bond donors (Lipinski definition) is 0. The Kier molecular flexibility index (Phi) is 2.30. The number of hydrogen-bond acceptors (Lipinski definition) is 3. The fourth-order valence-corrected chi connectivity index (χ4v) is 5.28. The summed E-state index contributed by atoms with van der Waals surface area (Å²) in [6.45, 7) is 2.21. The normalized spacial score (nSPS) is 41.5. The minimum absolute atomic E-state index is 0.294. The van der Waals surface area contributed by atoms with Crippen molar-refractivity contribution in [1.29, 1.82) is 0 Å². The highest BCUT2D eigenvalue weighted by Gasteiger charge is 2.53. The van der Waals surface area contributed by atoms with Crippen molar-refractivity contribution < 1.29 is 0 Å². The van der Waals surface area contributed by atoms with E-state index in [9.17, 15) is 0 Å². The van der Waals surface area contributed by atoms with Crippen molar-refractivity contribution in [3.05, 3.63) is 5.82 Å². The molecule has 5 rings (SSSR count). The maximum Gasteiger partial charge on any atom is 0.151 e. The minimum atomic E-state index is 0.294. The van der Waals surface area contributed by atoms with Crippen LogP contribution < -0.4 is 0 Å². The van der Waals surface area contributed by atoms with Crippen LogP contribution in [0.4, 0.5) is 0 Å². The molecule has 0 aromatic carbocycles. The third-order valence-corrected chi connectivity index (χ3v) is 5.46. The van der Waals surface area contributed by atoms with Gasteiger partial charge in [0.15, 0.2) is 5.82 Å². The molecule has 4 aliphatic carbocycles. The van der Waals surface area contributed by atoms with E-state index in [1.807, 2.05) is 0 Å². The molecule has 4 aliphatic rings. The highest BCUT2D eigenvalue weighted by Crippen LogP contribution is 2.58. The average Bonchev–Trinajstić information content (AvgIpc) is 2.76. The van der Waals surface area contributed by atoms with Gasteiger partial charge in [-0.25, -0.2) is 4.68 Å². The van der Waals surface area contributed by atoms with Crippen LogP contribution >= 0.6 is 0 Å². The van der Waals surface area contributed by atoms with Crippen molar-refractivity contribution in [2.45, 2.75) is 63.8 Å². The fraction of sp³-hybridized carbons (Fsp3) is 0.929. The van der Waals surface area contributed by atoms with E-state index >= 15 is 0 Å². The van der Waals surface area contributed by atoms with Gasteiger partial charge in [0.05, 0.1) is 5.54 Å². The van der Waals surface area contributed by atoms with Gasteiger partial charge in [0.25, 0.3) is 0 Å². The lowest BCUT2D eigenvalue weighted by molar-refractivity contribution is -0.0517. The van der Waals surface area contributed by atoms with Crippen LogP contribution in [0.3, 0.4) is 0 Å². The molecule has 0 saturated heterocycles. The zero-order valence-electron chi connectivity index (χ0n) is 11.2. The molecule has 0 amide bonds. The van der Waals surface area contributed by atoms with Crippen molar-refractivity contribution in [2.24, 2.45) is 17.8 Å². The van der Waals surface area contributed by atoms with Gasteiger partial charge >= 0.3 is 0 Å². The number of tetrazole rings is 1. The summed E-state index contributed by atoms with van der Waals surface area (Å²) in [7, 11) is 0. The Morgan fingerprint density at radius 1 is 1.11 bits per heavy atom. The SMILES string of the molecule is CCCc1nnnn1C12CC3CC(CC(C3)C1)C2. The van der Waals surface area contributed by atoms with Crippen molar-refractivity contribution in [2.75, 3.05) is 0 Å². The average molecular weight is 246 g/mol. The third-order valence-electron chi connectivity index (χ3n) is 5.46. The van der Waals surface area contributed by atoms with Crippen LogP contribution in [-0.2, 0) is 12.0 Å². The van der Waals surface area contributed by atoms with E-state index in [4.69, 9.17) is 0 Å². The first-order chi connectivity index (χ1) is 8.79. The second-order valence-electron chi connectivity index (χ2n) is 6.90. The van der Waals surface area contributed by atoms with Crippen LogP contribution in [0.1, 0.15) is 57.7 Å². The molecular formula is C14H22N4. The third kappa shape index (κ3) is 1.47. The molecule has 1 aromatic heterocycles. The van der Waals surface area contributed by atoms with E-state index in [1.165, 1.54) is 38.5 Å². The highest BCUT2D eigenvalue weighted by atomic mass is 15.6. The van der Waals surface area contributed by atoms with Gasteiger partial charge < -0.3 is 0 Å². The lowest BCUT2D eigenvalue weighted by Gasteiger charge is -2.56. The van der Waals surface area contributed by atoms with Crippen LogP contribution in [0.5, 0.6) is 0 Å². The quantitative estimate of drug-likeness (QED) is 0.823. The summed E-state index contributed by atoms with van der Waals surface area (Å²) in [4.78, 5) is 0. The molecule has 98 valence electrons. The van der Waals surface area contributed by atoms with Gasteiger partial charge in [0, 0.05) is 6.42 Å². The summed E-state index contributed by atoms with van der Waals surface area (Å²) < 4.78 is 2.24. The van der Waals surface area contributed by atoms with Crippen molar-refractivity contribution in [3.8, 4) is 0 Å². The van der Waals surface area contributed by atoms with Gasteiger partial charge in [-0.2, -0.15) is 0 Å². The topological polar surface area (TPSA) is 43.6 Å². The molecule has 0 N–H and O–H groups in total. The highest BCUT2D eigenvalue weighted by molar-refractivity contribution is 5.06. The van der Waals surface area contributed by atoms with E-state index in [0.29, 0.717) is 5.54 Å². The van der Waals surface area contributed by atoms with Gasteiger partial charge in [-0.05, 0) is 73.1 Å². The van der Waals surface area contributed by atoms with Crippen LogP contribution in [0.15, 0.2) is 0 Å². The van der Waals surface area contributed by atoms with Crippen LogP contribution in [0.25, 0.3) is 0 Å². The van der Waals surface area contributed by atoms with E-state index in [0.717, 1.165) is 36.4 Å². The number of nitrogens with zero attached hydrogens (tertiary/aromatic N) is 4. The molecule has 1 heterocycles. The van der Waals surface area contributed by atoms with Crippen LogP contribution in [0, 0.1) is 17.8 Å². The molecular weight excluding hydrogens is 224 g/mol. The Labute approximate surface area is 108 Å². The van der Waals surface area contributed by atoms with Crippen molar-refractivity contribution in [3.63, 3.8) is 0 Å². The Morgan fingerprint density at radius 2 is 1.72 bits per heavy atom. The first-order valence-corrected chi connectivity index (χ1v) is 7.57.